The molecular weight excluding hydrogens is 284 g/mol. The van der Waals surface area contributed by atoms with Crippen molar-refractivity contribution in [3.63, 3.8) is 0 Å². The van der Waals surface area contributed by atoms with E-state index >= 15 is 0 Å². The summed E-state index contributed by atoms with van der Waals surface area (Å²) in [7, 11) is 0. The minimum atomic E-state index is -0.383. The third kappa shape index (κ3) is 4.67. The van der Waals surface area contributed by atoms with Crippen LogP contribution in [0.15, 0.2) is 20.9 Å². The number of hydrogen-bond acceptors (Lipinski definition) is 6. The molecule has 0 aliphatic carbocycles. The van der Waals surface area contributed by atoms with Gasteiger partial charge in [-0.25, -0.2) is 4.98 Å². The van der Waals surface area contributed by atoms with Crippen LogP contribution in [-0.2, 0) is 11.2 Å². The summed E-state index contributed by atoms with van der Waals surface area (Å²) in [6, 6.07) is 0. The van der Waals surface area contributed by atoms with Gasteiger partial charge < -0.3 is 14.5 Å². The van der Waals surface area contributed by atoms with Crippen molar-refractivity contribution in [1.29, 1.82) is 0 Å². The maximum atomic E-state index is 11.9. The predicted molar refractivity (Wildman–Crippen MR) is 79.3 cm³/mol. The highest BCUT2D eigenvalue weighted by molar-refractivity contribution is 5.91. The monoisotopic (exact) mass is 304 g/mol. The molecule has 1 aromatic rings. The molecule has 118 valence electrons. The van der Waals surface area contributed by atoms with Gasteiger partial charge in [0.2, 0.25) is 0 Å². The lowest BCUT2D eigenvalue weighted by atomic mass is 10.0. The summed E-state index contributed by atoms with van der Waals surface area (Å²) in [6.45, 7) is 3.56. The molecule has 1 N–H and O–H groups in total. The lowest BCUT2D eigenvalue weighted by Crippen LogP contribution is -2.28. The fourth-order valence-electron chi connectivity index (χ4n) is 1.97. The highest BCUT2D eigenvalue weighted by Gasteiger charge is 2.38. The van der Waals surface area contributed by atoms with Gasteiger partial charge in [-0.3, -0.25) is 4.79 Å². The Morgan fingerprint density at radius 1 is 1.50 bits per heavy atom. The third-order valence-corrected chi connectivity index (χ3v) is 3.31. The molecule has 0 unspecified atom stereocenters. The normalized spacial score (nSPS) is 14.5. The van der Waals surface area contributed by atoms with Crippen molar-refractivity contribution in [3.8, 4) is 12.3 Å². The summed E-state index contributed by atoms with van der Waals surface area (Å²) in [5.74, 6) is 2.80. The van der Waals surface area contributed by atoms with E-state index in [2.05, 4.69) is 26.4 Å². The first-order valence-electron chi connectivity index (χ1n) is 7.37. The molecule has 7 nitrogen and oxygen atoms in total. The van der Waals surface area contributed by atoms with Crippen LogP contribution in [-0.4, -0.2) is 36.3 Å². The number of amides is 1. The minimum Gasteiger partial charge on any atom is -0.448 e. The number of hydrogen-bond donors (Lipinski definition) is 1. The van der Waals surface area contributed by atoms with Crippen molar-refractivity contribution in [3.05, 3.63) is 17.8 Å². The second-order valence-electron chi connectivity index (χ2n) is 4.97. The molecular formula is C15H20N4O3. The lowest BCUT2D eigenvalue weighted by molar-refractivity contribution is 0.0946. The highest BCUT2D eigenvalue weighted by Crippen LogP contribution is 2.35. The Kier molecular flexibility index (Phi) is 5.67. The van der Waals surface area contributed by atoms with Crippen LogP contribution in [0, 0.1) is 12.3 Å². The van der Waals surface area contributed by atoms with Gasteiger partial charge in [0.15, 0.2) is 17.2 Å². The van der Waals surface area contributed by atoms with Crippen molar-refractivity contribution < 1.29 is 13.9 Å². The Hall–Kier alpha value is -2.20. The van der Waals surface area contributed by atoms with Crippen LogP contribution < -0.4 is 5.32 Å². The van der Waals surface area contributed by atoms with Gasteiger partial charge in [-0.15, -0.1) is 12.3 Å². The highest BCUT2D eigenvalue weighted by atomic mass is 16.5. The number of oxazole rings is 1. The number of terminal acetylenes is 1. The van der Waals surface area contributed by atoms with E-state index < -0.39 is 0 Å². The number of nitrogens with zero attached hydrogens (tertiary/aromatic N) is 3. The first-order valence-corrected chi connectivity index (χ1v) is 7.37. The van der Waals surface area contributed by atoms with E-state index in [9.17, 15) is 4.79 Å². The predicted octanol–water partition coefficient (Wildman–Crippen LogP) is 1.95. The zero-order valence-corrected chi connectivity index (χ0v) is 12.7. The second kappa shape index (κ2) is 7.71. The number of ether oxygens (including phenoxy) is 1. The molecule has 0 bridgehead atoms. The fourth-order valence-corrected chi connectivity index (χ4v) is 1.97. The number of nitrogens with one attached hydrogen (secondary N) is 1. The molecule has 0 spiro atoms. The van der Waals surface area contributed by atoms with Gasteiger partial charge >= 0.3 is 0 Å². The summed E-state index contributed by atoms with van der Waals surface area (Å²) in [6.07, 6.45) is 9.15. The quantitative estimate of drug-likeness (QED) is 0.528. The third-order valence-electron chi connectivity index (χ3n) is 3.31. The standard InChI is InChI=1S/C15H20N4O3/c1-3-5-7-15(18-19-15)8-9-16-14(20)12-11-22-13(17-12)6-10-21-4-2/h1,11H,4-10H2,2H3,(H,16,20). The van der Waals surface area contributed by atoms with E-state index in [0.29, 0.717) is 44.9 Å². The Labute approximate surface area is 129 Å². The summed E-state index contributed by atoms with van der Waals surface area (Å²) >= 11 is 0. The molecule has 7 heteroatoms. The molecule has 0 radical (unpaired) electrons. The van der Waals surface area contributed by atoms with Gasteiger partial charge in [-0.05, 0) is 6.92 Å². The molecule has 0 atom stereocenters. The number of aromatic nitrogens is 1. The maximum absolute atomic E-state index is 11.9. The van der Waals surface area contributed by atoms with Gasteiger partial charge in [0.05, 0.1) is 6.61 Å². The Bertz CT molecular complexity index is 568. The van der Waals surface area contributed by atoms with Crippen LogP contribution in [0.2, 0.25) is 0 Å². The second-order valence-corrected chi connectivity index (χ2v) is 4.97. The van der Waals surface area contributed by atoms with Gasteiger partial charge in [0.1, 0.15) is 6.26 Å². The summed E-state index contributed by atoms with van der Waals surface area (Å²) < 4.78 is 10.4. The first kappa shape index (κ1) is 16.2. The molecule has 22 heavy (non-hydrogen) atoms. The van der Waals surface area contributed by atoms with E-state index in [1.165, 1.54) is 6.26 Å². The smallest absolute Gasteiger partial charge is 0.273 e. The van der Waals surface area contributed by atoms with Crippen molar-refractivity contribution in [1.82, 2.24) is 10.3 Å². The van der Waals surface area contributed by atoms with E-state index in [1.807, 2.05) is 6.92 Å². The van der Waals surface area contributed by atoms with Crippen molar-refractivity contribution in [2.75, 3.05) is 19.8 Å². The topological polar surface area (TPSA) is 89.1 Å². The molecule has 1 aromatic heterocycles. The maximum Gasteiger partial charge on any atom is 0.273 e. The molecule has 2 rings (SSSR count). The van der Waals surface area contributed by atoms with Crippen molar-refractivity contribution >= 4 is 5.91 Å². The minimum absolute atomic E-state index is 0.265. The average molecular weight is 304 g/mol. The van der Waals surface area contributed by atoms with Crippen molar-refractivity contribution in [2.45, 2.75) is 38.3 Å². The average Bonchev–Trinajstić information content (AvgIpc) is 3.12. The molecule has 2 heterocycles. The zero-order valence-electron chi connectivity index (χ0n) is 12.7. The molecule has 0 fully saturated rings. The first-order chi connectivity index (χ1) is 10.7. The van der Waals surface area contributed by atoms with Crippen LogP contribution in [0.3, 0.4) is 0 Å². The SMILES string of the molecule is C#CCCC1(CCNC(=O)c2coc(CCOCC)n2)N=N1. The molecule has 0 saturated heterocycles. The number of carbonyl (C=O) groups excluding carboxylic acids is 1. The Morgan fingerprint density at radius 3 is 3.00 bits per heavy atom. The van der Waals surface area contributed by atoms with E-state index in [4.69, 9.17) is 15.6 Å². The molecule has 0 saturated carbocycles. The number of rotatable bonds is 10. The summed E-state index contributed by atoms with van der Waals surface area (Å²) in [5.41, 5.74) is -0.111. The molecule has 0 aromatic carbocycles. The lowest BCUT2D eigenvalue weighted by Gasteiger charge is -2.08. The van der Waals surface area contributed by atoms with Crippen molar-refractivity contribution in [2.24, 2.45) is 10.2 Å². The van der Waals surface area contributed by atoms with Gasteiger partial charge in [0, 0.05) is 38.8 Å². The van der Waals surface area contributed by atoms with Crippen LogP contribution in [0.25, 0.3) is 0 Å². The van der Waals surface area contributed by atoms with Crippen LogP contribution >= 0.6 is 0 Å². The molecule has 1 aliphatic rings. The van der Waals surface area contributed by atoms with Crippen LogP contribution in [0.1, 0.15) is 42.6 Å². The molecule has 1 aliphatic heterocycles. The van der Waals surface area contributed by atoms with Gasteiger partial charge in [0.25, 0.3) is 5.91 Å². The Balaban J connectivity index is 1.70. The molecule has 1 amide bonds. The van der Waals surface area contributed by atoms with Gasteiger partial charge in [-0.2, -0.15) is 10.2 Å². The van der Waals surface area contributed by atoms with E-state index in [-0.39, 0.29) is 17.3 Å². The largest absolute Gasteiger partial charge is 0.448 e. The van der Waals surface area contributed by atoms with E-state index in [1.54, 1.807) is 0 Å². The fraction of sp³-hybridized carbons (Fsp3) is 0.600. The summed E-state index contributed by atoms with van der Waals surface area (Å²) in [5, 5.41) is 10.8. The van der Waals surface area contributed by atoms with Crippen LogP contribution in [0.4, 0.5) is 0 Å². The summed E-state index contributed by atoms with van der Waals surface area (Å²) in [4.78, 5) is 16.1. The number of carbonyl (C=O) groups is 1. The van der Waals surface area contributed by atoms with Crippen LogP contribution in [0.5, 0.6) is 0 Å². The zero-order chi connectivity index (χ0) is 15.8. The van der Waals surface area contributed by atoms with Gasteiger partial charge in [-0.1, -0.05) is 0 Å². The Morgan fingerprint density at radius 2 is 2.32 bits per heavy atom. The van der Waals surface area contributed by atoms with E-state index in [0.717, 1.165) is 6.42 Å².